The van der Waals surface area contributed by atoms with Crippen LogP contribution in [0, 0.1) is 0 Å². The Hall–Kier alpha value is -1.26. The molecule has 0 spiro atoms. The normalized spacial score (nSPS) is 19.3. The van der Waals surface area contributed by atoms with Crippen molar-refractivity contribution in [2.24, 2.45) is 5.73 Å². The third kappa shape index (κ3) is 2.63. The number of fused-ring (bicyclic) bond motifs is 1. The Morgan fingerprint density at radius 3 is 2.90 bits per heavy atom. The highest BCUT2D eigenvalue weighted by Crippen LogP contribution is 2.40. The fourth-order valence-electron chi connectivity index (χ4n) is 2.70. The minimum absolute atomic E-state index is 0.140. The van der Waals surface area contributed by atoms with Crippen LogP contribution < -0.4 is 5.73 Å². The van der Waals surface area contributed by atoms with Crippen molar-refractivity contribution in [2.75, 3.05) is 5.75 Å². The summed E-state index contributed by atoms with van der Waals surface area (Å²) in [6.07, 6.45) is 2.89. The molecular formula is C16H21N3S. The minimum Gasteiger partial charge on any atom is -0.327 e. The van der Waals surface area contributed by atoms with E-state index in [1.54, 1.807) is 0 Å². The third-order valence-electron chi connectivity index (χ3n) is 3.89. The molecular weight excluding hydrogens is 266 g/mol. The first-order chi connectivity index (χ1) is 9.65. The lowest BCUT2D eigenvalue weighted by Crippen LogP contribution is -2.31. The van der Waals surface area contributed by atoms with Gasteiger partial charge in [-0.05, 0) is 31.5 Å². The van der Waals surface area contributed by atoms with Gasteiger partial charge in [0.15, 0.2) is 0 Å². The highest BCUT2D eigenvalue weighted by Gasteiger charge is 2.28. The highest BCUT2D eigenvalue weighted by atomic mass is 32.2. The predicted molar refractivity (Wildman–Crippen MR) is 84.2 cm³/mol. The van der Waals surface area contributed by atoms with Gasteiger partial charge in [-0.1, -0.05) is 18.2 Å². The number of thioether (sulfide) groups is 1. The van der Waals surface area contributed by atoms with E-state index in [0.29, 0.717) is 12.0 Å². The lowest BCUT2D eigenvalue weighted by atomic mass is 9.91. The van der Waals surface area contributed by atoms with Crippen molar-refractivity contribution in [1.29, 1.82) is 0 Å². The van der Waals surface area contributed by atoms with Gasteiger partial charge in [-0.25, -0.2) is 0 Å². The van der Waals surface area contributed by atoms with Crippen LogP contribution in [0.4, 0.5) is 0 Å². The Morgan fingerprint density at radius 2 is 2.15 bits per heavy atom. The zero-order valence-corrected chi connectivity index (χ0v) is 12.8. The standard InChI is InChI=1S/C16H21N3S/c1-11(2)19-8-7-12(18-19)9-15(17)14-10-20-16-6-4-3-5-13(14)16/h3-8,11,14-15H,9-10,17H2,1-2H3. The number of hydrogen-bond acceptors (Lipinski definition) is 3. The molecule has 20 heavy (non-hydrogen) atoms. The van der Waals surface area contributed by atoms with E-state index in [1.165, 1.54) is 10.5 Å². The smallest absolute Gasteiger partial charge is 0.0640 e. The second kappa shape index (κ2) is 5.62. The molecule has 2 aromatic rings. The molecule has 0 amide bonds. The van der Waals surface area contributed by atoms with Crippen LogP contribution in [0.15, 0.2) is 41.4 Å². The SMILES string of the molecule is CC(C)n1ccc(CC(N)C2CSc3ccccc32)n1. The average Bonchev–Trinajstić information content (AvgIpc) is 3.04. The molecule has 2 unspecified atom stereocenters. The molecule has 0 bridgehead atoms. The topological polar surface area (TPSA) is 43.8 Å². The van der Waals surface area contributed by atoms with Crippen LogP contribution in [-0.4, -0.2) is 21.6 Å². The Balaban J connectivity index is 1.72. The predicted octanol–water partition coefficient (Wildman–Crippen LogP) is 3.22. The van der Waals surface area contributed by atoms with E-state index < -0.39 is 0 Å². The number of hydrogen-bond donors (Lipinski definition) is 1. The van der Waals surface area contributed by atoms with Crippen LogP contribution >= 0.6 is 11.8 Å². The van der Waals surface area contributed by atoms with Crippen LogP contribution in [-0.2, 0) is 6.42 Å². The molecule has 3 rings (SSSR count). The largest absolute Gasteiger partial charge is 0.327 e. The molecule has 1 aromatic carbocycles. The second-order valence-corrected chi connectivity index (χ2v) is 6.77. The maximum Gasteiger partial charge on any atom is 0.0640 e. The van der Waals surface area contributed by atoms with Gasteiger partial charge in [-0.3, -0.25) is 4.68 Å². The number of rotatable bonds is 4. The summed E-state index contributed by atoms with van der Waals surface area (Å²) in [5.74, 6) is 1.53. The molecule has 2 heterocycles. The van der Waals surface area contributed by atoms with E-state index in [0.717, 1.165) is 17.9 Å². The lowest BCUT2D eigenvalue weighted by Gasteiger charge is -2.18. The van der Waals surface area contributed by atoms with Gasteiger partial charge < -0.3 is 5.73 Å². The zero-order valence-electron chi connectivity index (χ0n) is 12.0. The molecule has 3 nitrogen and oxygen atoms in total. The summed E-state index contributed by atoms with van der Waals surface area (Å²) in [4.78, 5) is 1.39. The summed E-state index contributed by atoms with van der Waals surface area (Å²) in [5, 5.41) is 4.61. The molecule has 1 aliphatic heterocycles. The maximum absolute atomic E-state index is 6.45. The Kier molecular flexibility index (Phi) is 3.85. The van der Waals surface area contributed by atoms with Gasteiger partial charge in [0.2, 0.25) is 0 Å². The summed E-state index contributed by atoms with van der Waals surface area (Å²) in [7, 11) is 0. The lowest BCUT2D eigenvalue weighted by molar-refractivity contribution is 0.512. The van der Waals surface area contributed by atoms with Crippen molar-refractivity contribution in [3.63, 3.8) is 0 Å². The third-order valence-corrected chi connectivity index (χ3v) is 5.10. The van der Waals surface area contributed by atoms with Gasteiger partial charge in [0.25, 0.3) is 0 Å². The van der Waals surface area contributed by atoms with Crippen molar-refractivity contribution in [2.45, 2.75) is 43.2 Å². The Labute approximate surface area is 124 Å². The van der Waals surface area contributed by atoms with Crippen LogP contribution in [0.1, 0.15) is 37.1 Å². The molecule has 0 aliphatic carbocycles. The van der Waals surface area contributed by atoms with Crippen molar-refractivity contribution in [3.05, 3.63) is 47.8 Å². The van der Waals surface area contributed by atoms with E-state index in [-0.39, 0.29) is 6.04 Å². The fourth-order valence-corrected chi connectivity index (χ4v) is 4.05. The summed E-state index contributed by atoms with van der Waals surface area (Å²) in [6.45, 7) is 4.28. The van der Waals surface area contributed by atoms with E-state index in [1.807, 2.05) is 22.6 Å². The summed E-state index contributed by atoms with van der Waals surface area (Å²) < 4.78 is 2.00. The molecule has 0 saturated carbocycles. The van der Waals surface area contributed by atoms with Crippen molar-refractivity contribution >= 4 is 11.8 Å². The highest BCUT2D eigenvalue weighted by molar-refractivity contribution is 7.99. The van der Waals surface area contributed by atoms with Crippen LogP contribution in [0.3, 0.4) is 0 Å². The van der Waals surface area contributed by atoms with Crippen LogP contribution in [0.25, 0.3) is 0 Å². The maximum atomic E-state index is 6.45. The van der Waals surface area contributed by atoms with Crippen LogP contribution in [0.2, 0.25) is 0 Å². The second-order valence-electron chi connectivity index (χ2n) is 5.70. The fraction of sp³-hybridized carbons (Fsp3) is 0.438. The monoisotopic (exact) mass is 287 g/mol. The molecule has 1 aromatic heterocycles. The van der Waals surface area contributed by atoms with Crippen LogP contribution in [0.5, 0.6) is 0 Å². The van der Waals surface area contributed by atoms with Crippen molar-refractivity contribution in [3.8, 4) is 0 Å². The van der Waals surface area contributed by atoms with E-state index in [4.69, 9.17) is 5.73 Å². The molecule has 0 radical (unpaired) electrons. The van der Waals surface area contributed by atoms with Gasteiger partial charge in [0, 0.05) is 41.3 Å². The Bertz CT molecular complexity index is 591. The molecule has 0 saturated heterocycles. The van der Waals surface area contributed by atoms with Gasteiger partial charge in [0.1, 0.15) is 0 Å². The summed E-state index contributed by atoms with van der Waals surface area (Å²) in [6, 6.07) is 11.3. The number of nitrogens with two attached hydrogens (primary N) is 1. The van der Waals surface area contributed by atoms with Gasteiger partial charge >= 0.3 is 0 Å². The van der Waals surface area contributed by atoms with E-state index in [9.17, 15) is 0 Å². The van der Waals surface area contributed by atoms with E-state index in [2.05, 4.69) is 49.3 Å². The summed E-state index contributed by atoms with van der Waals surface area (Å²) in [5.41, 5.74) is 8.96. The first kappa shape index (κ1) is 13.7. The van der Waals surface area contributed by atoms with Crippen molar-refractivity contribution in [1.82, 2.24) is 9.78 Å². The minimum atomic E-state index is 0.140. The molecule has 1 aliphatic rings. The molecule has 2 N–H and O–H groups in total. The number of benzene rings is 1. The molecule has 4 heteroatoms. The van der Waals surface area contributed by atoms with Gasteiger partial charge in [-0.15, -0.1) is 11.8 Å². The van der Waals surface area contributed by atoms with Gasteiger partial charge in [0.05, 0.1) is 5.69 Å². The first-order valence-electron chi connectivity index (χ1n) is 7.16. The first-order valence-corrected chi connectivity index (χ1v) is 8.15. The number of nitrogens with zero attached hydrogens (tertiary/aromatic N) is 2. The quantitative estimate of drug-likeness (QED) is 0.939. The Morgan fingerprint density at radius 1 is 1.35 bits per heavy atom. The number of aromatic nitrogens is 2. The van der Waals surface area contributed by atoms with Crippen molar-refractivity contribution < 1.29 is 0 Å². The molecule has 2 atom stereocenters. The average molecular weight is 287 g/mol. The summed E-state index contributed by atoms with van der Waals surface area (Å²) >= 11 is 1.92. The zero-order chi connectivity index (χ0) is 14.1. The molecule has 0 fully saturated rings. The van der Waals surface area contributed by atoms with Gasteiger partial charge in [-0.2, -0.15) is 5.10 Å². The molecule has 106 valence electrons. The van der Waals surface area contributed by atoms with E-state index >= 15 is 0 Å².